The van der Waals surface area contributed by atoms with Crippen LogP contribution < -0.4 is 25.2 Å². The summed E-state index contributed by atoms with van der Waals surface area (Å²) in [5.74, 6) is 3.47. The summed E-state index contributed by atoms with van der Waals surface area (Å²) in [5, 5.41) is 13.5. The Balaban J connectivity index is 1.17. The lowest BCUT2D eigenvalue weighted by molar-refractivity contribution is 0.0705. The van der Waals surface area contributed by atoms with Gasteiger partial charge in [0.05, 0.1) is 30.5 Å². The van der Waals surface area contributed by atoms with Crippen molar-refractivity contribution in [1.29, 1.82) is 0 Å². The topological polar surface area (TPSA) is 138 Å². The van der Waals surface area contributed by atoms with Gasteiger partial charge in [0, 0.05) is 61.3 Å². The van der Waals surface area contributed by atoms with Crippen LogP contribution in [-0.4, -0.2) is 84.0 Å². The van der Waals surface area contributed by atoms with Gasteiger partial charge >= 0.3 is 0 Å². The molecule has 0 bridgehead atoms. The van der Waals surface area contributed by atoms with Gasteiger partial charge in [0.2, 0.25) is 5.95 Å². The van der Waals surface area contributed by atoms with Gasteiger partial charge in [-0.3, -0.25) is 10.0 Å². The molecule has 12 nitrogen and oxygen atoms in total. The second-order valence-electron chi connectivity index (χ2n) is 12.2. The number of aryl methyl sites for hydroxylation is 2. The summed E-state index contributed by atoms with van der Waals surface area (Å²) in [7, 11) is 1.68. The van der Waals surface area contributed by atoms with Crippen molar-refractivity contribution in [2.75, 3.05) is 63.2 Å². The summed E-state index contributed by atoms with van der Waals surface area (Å²) < 4.78 is 17.9. The molecule has 1 amide bonds. The Bertz CT molecular complexity index is 1640. The first-order valence-corrected chi connectivity index (χ1v) is 16.1. The lowest BCUT2D eigenvalue weighted by atomic mass is 9.96. The zero-order valence-electron chi connectivity index (χ0n) is 26.8. The van der Waals surface area contributed by atoms with E-state index < -0.39 is 5.91 Å². The van der Waals surface area contributed by atoms with Gasteiger partial charge in [-0.15, -0.1) is 0 Å². The zero-order chi connectivity index (χ0) is 32.0. The van der Waals surface area contributed by atoms with E-state index in [9.17, 15) is 4.79 Å². The van der Waals surface area contributed by atoms with E-state index >= 15 is 0 Å². The highest BCUT2D eigenvalue weighted by Crippen LogP contribution is 2.38. The number of benzene rings is 1. The van der Waals surface area contributed by atoms with Crippen LogP contribution in [0, 0.1) is 19.8 Å². The average Bonchev–Trinajstić information content (AvgIpc) is 3.73. The quantitative estimate of drug-likeness (QED) is 0.108. The molecule has 0 unspecified atom stereocenters. The number of rotatable bonds is 12. The molecule has 2 fully saturated rings. The van der Waals surface area contributed by atoms with E-state index in [1.54, 1.807) is 12.6 Å². The molecule has 0 atom stereocenters. The number of fused-ring (bicyclic) bond motifs is 1. The molecular weight excluding hydrogens is 586 g/mol. The van der Waals surface area contributed by atoms with Gasteiger partial charge in [-0.05, 0) is 83.2 Å². The number of aromatic nitrogens is 3. The lowest BCUT2D eigenvalue weighted by Crippen LogP contribution is -2.37. The number of anilines is 2. The van der Waals surface area contributed by atoms with Gasteiger partial charge in [0.1, 0.15) is 11.5 Å². The van der Waals surface area contributed by atoms with Crippen LogP contribution in [0.1, 0.15) is 54.0 Å². The summed E-state index contributed by atoms with van der Waals surface area (Å²) in [5.41, 5.74) is 5.46. The Kier molecular flexibility index (Phi) is 9.84. The number of likely N-dealkylation sites (tertiary alicyclic amines) is 1. The molecule has 5 heterocycles. The third-order valence-corrected chi connectivity index (χ3v) is 8.97. The molecule has 4 aromatic rings. The van der Waals surface area contributed by atoms with Crippen molar-refractivity contribution in [2.24, 2.45) is 5.92 Å². The van der Waals surface area contributed by atoms with E-state index in [4.69, 9.17) is 24.1 Å². The second-order valence-corrected chi connectivity index (χ2v) is 12.2. The predicted molar refractivity (Wildman–Crippen MR) is 176 cm³/mol. The maximum atomic E-state index is 11.6. The van der Waals surface area contributed by atoms with E-state index in [2.05, 4.69) is 31.2 Å². The monoisotopic (exact) mass is 629 g/mol. The molecule has 2 aliphatic rings. The number of pyridine rings is 1. The van der Waals surface area contributed by atoms with Gasteiger partial charge in [-0.2, -0.15) is 0 Å². The van der Waals surface area contributed by atoms with Crippen LogP contribution in [0.25, 0.3) is 22.2 Å². The largest absolute Gasteiger partial charge is 0.493 e. The van der Waals surface area contributed by atoms with Gasteiger partial charge in [-0.25, -0.2) is 20.4 Å². The lowest BCUT2D eigenvalue weighted by Gasteiger charge is -2.32. The maximum Gasteiger partial charge on any atom is 0.277 e. The number of amides is 1. The number of carbonyl (C=O) groups excluding carboxylic acids is 1. The number of hydroxylamine groups is 1. The van der Waals surface area contributed by atoms with Gasteiger partial charge in [0.15, 0.2) is 11.5 Å². The summed E-state index contributed by atoms with van der Waals surface area (Å²) in [6.45, 7) is 10.4. The summed E-state index contributed by atoms with van der Waals surface area (Å²) in [4.78, 5) is 29.9. The van der Waals surface area contributed by atoms with Crippen LogP contribution in [0.15, 0.2) is 41.1 Å². The molecule has 1 aromatic carbocycles. The van der Waals surface area contributed by atoms with E-state index in [1.807, 2.05) is 32.0 Å². The Morgan fingerprint density at radius 2 is 1.80 bits per heavy atom. The third kappa shape index (κ3) is 7.18. The minimum Gasteiger partial charge on any atom is -0.493 e. The van der Waals surface area contributed by atoms with Crippen molar-refractivity contribution in [1.82, 2.24) is 25.3 Å². The molecule has 244 valence electrons. The van der Waals surface area contributed by atoms with Crippen LogP contribution in [0.4, 0.5) is 11.6 Å². The van der Waals surface area contributed by atoms with E-state index in [0.29, 0.717) is 30.0 Å². The van der Waals surface area contributed by atoms with Crippen molar-refractivity contribution in [2.45, 2.75) is 46.0 Å². The van der Waals surface area contributed by atoms with Crippen LogP contribution in [-0.2, 0) is 0 Å². The molecule has 0 saturated carbocycles. The number of nitrogens with one attached hydrogen (secondary N) is 2. The molecule has 3 N–H and O–H groups in total. The first kappa shape index (κ1) is 31.6. The number of nitrogens with zero attached hydrogens (tertiary/aromatic N) is 5. The molecule has 2 aliphatic heterocycles. The van der Waals surface area contributed by atoms with E-state index in [-0.39, 0.29) is 5.56 Å². The fourth-order valence-electron chi connectivity index (χ4n) is 6.41. The molecule has 0 spiro atoms. The predicted octanol–water partition coefficient (Wildman–Crippen LogP) is 5.22. The summed E-state index contributed by atoms with van der Waals surface area (Å²) in [6.07, 6.45) is 8.32. The first-order chi connectivity index (χ1) is 22.4. The van der Waals surface area contributed by atoms with Gasteiger partial charge in [0.25, 0.3) is 5.91 Å². The zero-order valence-corrected chi connectivity index (χ0v) is 26.8. The fourth-order valence-corrected chi connectivity index (χ4v) is 6.41. The number of methoxy groups -OCH3 is 1. The van der Waals surface area contributed by atoms with Crippen LogP contribution in [0.3, 0.4) is 0 Å². The smallest absolute Gasteiger partial charge is 0.277 e. The van der Waals surface area contributed by atoms with Gasteiger partial charge < -0.3 is 29.0 Å². The SMILES string of the molecule is COc1cc2c(NCC3CCN(c4ncc(C(=O)NO)cn4)CC3)cc(-c3cc(C)oc3C)nc2cc1OCCCN1CCCC1. The van der Waals surface area contributed by atoms with Crippen LogP contribution in [0.2, 0.25) is 0 Å². The number of piperidine rings is 1. The Morgan fingerprint density at radius 1 is 1.04 bits per heavy atom. The number of carbonyl (C=O) groups is 1. The first-order valence-electron chi connectivity index (χ1n) is 16.1. The maximum absolute atomic E-state index is 11.6. The fraction of sp³-hybridized carbons (Fsp3) is 0.471. The molecule has 6 rings (SSSR count). The van der Waals surface area contributed by atoms with Crippen LogP contribution >= 0.6 is 0 Å². The Hall–Kier alpha value is -4.42. The summed E-state index contributed by atoms with van der Waals surface area (Å²) in [6, 6.07) is 8.16. The molecule has 0 aliphatic carbocycles. The van der Waals surface area contributed by atoms with Crippen molar-refractivity contribution >= 4 is 28.4 Å². The minimum atomic E-state index is -0.629. The number of hydrogen-bond donors (Lipinski definition) is 3. The third-order valence-electron chi connectivity index (χ3n) is 8.97. The molecule has 46 heavy (non-hydrogen) atoms. The Morgan fingerprint density at radius 3 is 2.48 bits per heavy atom. The highest BCUT2D eigenvalue weighted by Gasteiger charge is 2.23. The Labute approximate surface area is 269 Å². The van der Waals surface area contributed by atoms with E-state index in [0.717, 1.165) is 84.8 Å². The normalized spacial score (nSPS) is 15.8. The highest BCUT2D eigenvalue weighted by atomic mass is 16.5. The molecular formula is C34H43N7O5. The molecule has 0 radical (unpaired) electrons. The van der Waals surface area contributed by atoms with Crippen molar-refractivity contribution in [3.05, 3.63) is 53.7 Å². The second kappa shape index (κ2) is 14.3. The van der Waals surface area contributed by atoms with Gasteiger partial charge in [-0.1, -0.05) is 0 Å². The molecule has 2 saturated heterocycles. The number of ether oxygens (including phenoxy) is 2. The van der Waals surface area contributed by atoms with Crippen molar-refractivity contribution < 1.29 is 23.9 Å². The number of hydrogen-bond acceptors (Lipinski definition) is 11. The molecule has 12 heteroatoms. The summed E-state index contributed by atoms with van der Waals surface area (Å²) >= 11 is 0. The number of furan rings is 1. The van der Waals surface area contributed by atoms with E-state index in [1.165, 1.54) is 38.3 Å². The highest BCUT2D eigenvalue weighted by molar-refractivity contribution is 5.96. The minimum absolute atomic E-state index is 0.211. The molecule has 3 aromatic heterocycles. The van der Waals surface area contributed by atoms with Crippen molar-refractivity contribution in [3.8, 4) is 22.8 Å². The van der Waals surface area contributed by atoms with Crippen LogP contribution in [0.5, 0.6) is 11.5 Å². The average molecular weight is 630 g/mol. The van der Waals surface area contributed by atoms with Crippen molar-refractivity contribution in [3.63, 3.8) is 0 Å². The standard InChI is InChI=1S/C34H43N7O5/c1-22-15-26(23(2)46-22)29-17-28(35-19-24-7-12-41(13-8-24)34-36-20-25(21-37-34)33(42)39-43)27-16-31(44-3)32(18-30(27)38-29)45-14-6-11-40-9-4-5-10-40/h15-18,20-21,24,43H,4-14,19H2,1-3H3,(H,35,38)(H,39,42).